The van der Waals surface area contributed by atoms with Gasteiger partial charge in [-0.15, -0.1) is 12.4 Å². The van der Waals surface area contributed by atoms with Crippen LogP contribution in [0.1, 0.15) is 51.4 Å². The average molecular weight is 285 g/mol. The van der Waals surface area contributed by atoms with Gasteiger partial charge in [0.05, 0.1) is 0 Å². The zero-order chi connectivity index (χ0) is 11.9. The van der Waals surface area contributed by atoms with E-state index < -0.39 is 0 Å². The lowest BCUT2D eigenvalue weighted by Gasteiger charge is -2.54. The molecule has 4 aliphatic carbocycles. The molecule has 19 heavy (non-hydrogen) atoms. The molecule has 3 heteroatoms. The van der Waals surface area contributed by atoms with E-state index in [1.165, 1.54) is 38.9 Å². The maximum absolute atomic E-state index is 3.78. The Kier molecular flexibility index (Phi) is 4.40. The molecule has 5 aliphatic rings. The van der Waals surface area contributed by atoms with E-state index in [0.717, 1.165) is 29.6 Å². The molecule has 1 saturated heterocycles. The van der Waals surface area contributed by atoms with Gasteiger partial charge in [0.15, 0.2) is 0 Å². The summed E-state index contributed by atoms with van der Waals surface area (Å²) < 4.78 is 0. The third kappa shape index (κ3) is 2.82. The number of hydrogen-bond acceptors (Lipinski definition) is 2. The van der Waals surface area contributed by atoms with Crippen molar-refractivity contribution in [2.75, 3.05) is 19.6 Å². The van der Waals surface area contributed by atoms with Crippen LogP contribution in [0.2, 0.25) is 0 Å². The first kappa shape index (κ1) is 14.2. The third-order valence-corrected chi connectivity index (χ3v) is 6.33. The van der Waals surface area contributed by atoms with Gasteiger partial charge in [-0.2, -0.15) is 0 Å². The maximum atomic E-state index is 3.78. The number of hydrogen-bond donors (Lipinski definition) is 1. The predicted molar refractivity (Wildman–Crippen MR) is 81.2 cm³/mol. The minimum atomic E-state index is 0. The molecule has 1 N–H and O–H groups in total. The van der Waals surface area contributed by atoms with Gasteiger partial charge in [-0.3, -0.25) is 5.43 Å². The lowest BCUT2D eigenvalue weighted by Crippen LogP contribution is -2.51. The average Bonchev–Trinajstić information content (AvgIpc) is 2.38. The van der Waals surface area contributed by atoms with E-state index in [-0.39, 0.29) is 12.4 Å². The van der Waals surface area contributed by atoms with E-state index in [2.05, 4.69) is 10.4 Å². The summed E-state index contributed by atoms with van der Waals surface area (Å²) in [4.78, 5) is 0. The third-order valence-electron chi connectivity index (χ3n) is 6.33. The fourth-order valence-corrected chi connectivity index (χ4v) is 5.66. The van der Waals surface area contributed by atoms with E-state index >= 15 is 0 Å². The summed E-state index contributed by atoms with van der Waals surface area (Å²) in [7, 11) is 0. The van der Waals surface area contributed by atoms with E-state index in [1.807, 2.05) is 0 Å². The van der Waals surface area contributed by atoms with Crippen LogP contribution in [0.4, 0.5) is 0 Å². The minimum Gasteiger partial charge on any atom is -0.255 e. The van der Waals surface area contributed by atoms with Crippen LogP contribution in [0.5, 0.6) is 0 Å². The summed E-state index contributed by atoms with van der Waals surface area (Å²) >= 11 is 0. The number of halogens is 1. The topological polar surface area (TPSA) is 15.3 Å². The first-order chi connectivity index (χ1) is 8.88. The molecule has 0 aromatic heterocycles. The molecule has 4 saturated carbocycles. The summed E-state index contributed by atoms with van der Waals surface area (Å²) in [5.74, 6) is 5.43. The molecule has 1 aliphatic heterocycles. The number of nitrogens with zero attached hydrogens (tertiary/aromatic N) is 1. The first-order valence-corrected chi connectivity index (χ1v) is 8.37. The second-order valence-electron chi connectivity index (χ2n) is 7.50. The van der Waals surface area contributed by atoms with Crippen molar-refractivity contribution >= 4 is 12.4 Å². The standard InChI is InChI=1S/C16H28N2.ClH/c1-2-4-18(5-3-1)17-11-16-14-7-12-6-13(9-14)10-15(16)8-12;/h12-17H,1-11H2;1H. The molecule has 5 fully saturated rings. The van der Waals surface area contributed by atoms with E-state index in [0.29, 0.717) is 0 Å². The van der Waals surface area contributed by atoms with Crippen LogP contribution < -0.4 is 5.43 Å². The van der Waals surface area contributed by atoms with Crippen LogP contribution in [0.15, 0.2) is 0 Å². The molecule has 0 aromatic rings. The Morgan fingerprint density at radius 1 is 0.789 bits per heavy atom. The van der Waals surface area contributed by atoms with Gasteiger partial charge in [-0.1, -0.05) is 6.42 Å². The quantitative estimate of drug-likeness (QED) is 0.854. The molecular formula is C16H29ClN2. The molecule has 4 bridgehead atoms. The molecule has 0 radical (unpaired) electrons. The monoisotopic (exact) mass is 284 g/mol. The fourth-order valence-electron chi connectivity index (χ4n) is 5.66. The van der Waals surface area contributed by atoms with E-state index in [9.17, 15) is 0 Å². The van der Waals surface area contributed by atoms with Crippen molar-refractivity contribution < 1.29 is 0 Å². The molecule has 5 rings (SSSR count). The van der Waals surface area contributed by atoms with Crippen molar-refractivity contribution in [1.82, 2.24) is 10.4 Å². The molecule has 110 valence electrons. The highest BCUT2D eigenvalue weighted by Gasteiger charge is 2.47. The maximum Gasteiger partial charge on any atom is 0.0136 e. The van der Waals surface area contributed by atoms with Crippen LogP contribution in [-0.4, -0.2) is 24.6 Å². The molecule has 0 unspecified atom stereocenters. The number of hydrazine groups is 1. The molecular weight excluding hydrogens is 256 g/mol. The smallest absolute Gasteiger partial charge is 0.0136 e. The lowest BCUT2D eigenvalue weighted by atomic mass is 9.52. The van der Waals surface area contributed by atoms with Gasteiger partial charge in [0, 0.05) is 19.6 Å². The summed E-state index contributed by atoms with van der Waals surface area (Å²) in [6.45, 7) is 3.86. The van der Waals surface area contributed by atoms with Crippen molar-refractivity contribution in [1.29, 1.82) is 0 Å². The van der Waals surface area contributed by atoms with E-state index in [1.54, 1.807) is 32.1 Å². The van der Waals surface area contributed by atoms with Crippen molar-refractivity contribution in [2.24, 2.45) is 29.6 Å². The predicted octanol–water partition coefficient (Wildman–Crippen LogP) is 3.47. The van der Waals surface area contributed by atoms with Crippen LogP contribution in [0.3, 0.4) is 0 Å². The van der Waals surface area contributed by atoms with Gasteiger partial charge in [0.25, 0.3) is 0 Å². The van der Waals surface area contributed by atoms with Crippen molar-refractivity contribution in [3.63, 3.8) is 0 Å². The molecule has 0 aromatic carbocycles. The molecule has 1 heterocycles. The second kappa shape index (κ2) is 5.91. The zero-order valence-electron chi connectivity index (χ0n) is 12.0. The molecule has 2 nitrogen and oxygen atoms in total. The first-order valence-electron chi connectivity index (χ1n) is 8.37. The summed E-state index contributed by atoms with van der Waals surface area (Å²) in [6.07, 6.45) is 12.1. The van der Waals surface area contributed by atoms with Crippen LogP contribution in [0, 0.1) is 29.6 Å². The minimum absolute atomic E-state index is 0. The normalized spacial score (nSPS) is 45.2. The van der Waals surface area contributed by atoms with Crippen molar-refractivity contribution in [3.05, 3.63) is 0 Å². The fraction of sp³-hybridized carbons (Fsp3) is 1.00. The van der Waals surface area contributed by atoms with Gasteiger partial charge < -0.3 is 0 Å². The van der Waals surface area contributed by atoms with Gasteiger partial charge in [0.2, 0.25) is 0 Å². The number of piperidine rings is 1. The Balaban J connectivity index is 0.00000110. The Labute approximate surface area is 124 Å². The Morgan fingerprint density at radius 3 is 1.95 bits per heavy atom. The van der Waals surface area contributed by atoms with Crippen LogP contribution >= 0.6 is 12.4 Å². The van der Waals surface area contributed by atoms with Crippen molar-refractivity contribution in [2.45, 2.75) is 51.4 Å². The lowest BCUT2D eigenvalue weighted by molar-refractivity contribution is -0.0436. The van der Waals surface area contributed by atoms with Gasteiger partial charge in [0.1, 0.15) is 0 Å². The number of rotatable bonds is 3. The number of nitrogens with one attached hydrogen (secondary N) is 1. The van der Waals surface area contributed by atoms with Gasteiger partial charge in [-0.25, -0.2) is 5.01 Å². The van der Waals surface area contributed by atoms with Gasteiger partial charge >= 0.3 is 0 Å². The van der Waals surface area contributed by atoms with E-state index in [4.69, 9.17) is 0 Å². The SMILES string of the molecule is C1CCN(NCC2C3CC4CC(C3)CC2C4)CC1.Cl. The van der Waals surface area contributed by atoms with Crippen LogP contribution in [0.25, 0.3) is 0 Å². The Bertz CT molecular complexity index is 273. The van der Waals surface area contributed by atoms with Crippen LogP contribution in [-0.2, 0) is 0 Å². The largest absolute Gasteiger partial charge is 0.255 e. The van der Waals surface area contributed by atoms with Gasteiger partial charge in [-0.05, 0) is 74.5 Å². The molecule has 0 spiro atoms. The highest BCUT2D eigenvalue weighted by molar-refractivity contribution is 5.85. The highest BCUT2D eigenvalue weighted by Crippen LogP contribution is 2.56. The highest BCUT2D eigenvalue weighted by atomic mass is 35.5. The van der Waals surface area contributed by atoms with Crippen molar-refractivity contribution in [3.8, 4) is 0 Å². The summed E-state index contributed by atoms with van der Waals surface area (Å²) in [5, 5.41) is 2.51. The Hall–Kier alpha value is 0.210. The molecule has 0 amide bonds. The zero-order valence-corrected chi connectivity index (χ0v) is 12.8. The molecule has 0 atom stereocenters. The second-order valence-corrected chi connectivity index (χ2v) is 7.50. The summed E-state index contributed by atoms with van der Waals surface area (Å²) in [5.41, 5.74) is 3.78. The Morgan fingerprint density at radius 2 is 1.37 bits per heavy atom. The summed E-state index contributed by atoms with van der Waals surface area (Å²) in [6, 6.07) is 0.